The normalized spacial score (nSPS) is 16.2. The Balaban J connectivity index is 4.45. The van der Waals surface area contributed by atoms with E-state index in [1.54, 1.807) is 14.0 Å². The van der Waals surface area contributed by atoms with Crippen molar-refractivity contribution in [3.63, 3.8) is 0 Å². The molecule has 0 aromatic heterocycles. The Morgan fingerprint density at radius 2 is 2.18 bits per heavy atom. The van der Waals surface area contributed by atoms with E-state index in [0.717, 1.165) is 0 Å². The monoisotopic (exact) mass is 179 g/mol. The Morgan fingerprint density at radius 1 is 1.73 bits per heavy atom. The van der Waals surface area contributed by atoms with Gasteiger partial charge in [-0.25, -0.2) is 4.42 Å². The summed E-state index contributed by atoms with van der Waals surface area (Å²) in [6.07, 6.45) is 0.625. The molecule has 0 bridgehead atoms. The van der Waals surface area contributed by atoms with E-state index in [1.807, 2.05) is 6.92 Å². The van der Waals surface area contributed by atoms with Gasteiger partial charge in [0.2, 0.25) is 0 Å². The molecule has 1 atom stereocenters. The maximum Gasteiger partial charge on any atom is 0.327 e. The molecule has 0 radical (unpaired) electrons. The van der Waals surface area contributed by atoms with Crippen molar-refractivity contribution in [3.8, 4) is 0 Å². The van der Waals surface area contributed by atoms with Gasteiger partial charge in [-0.3, -0.25) is 4.79 Å². The fraction of sp³-hybridized carbons (Fsp3) is 0.857. The second kappa shape index (κ2) is 3.93. The number of rotatable bonds is 3. The maximum absolute atomic E-state index is 11.2. The number of methoxy groups -OCH3 is 1. The van der Waals surface area contributed by atoms with Crippen molar-refractivity contribution in [2.75, 3.05) is 14.2 Å². The van der Waals surface area contributed by atoms with Gasteiger partial charge in [0, 0.05) is 7.05 Å². The molecule has 0 aromatic rings. The van der Waals surface area contributed by atoms with Gasteiger partial charge in [-0.1, -0.05) is 6.92 Å². The molecule has 0 aliphatic carbocycles. The van der Waals surface area contributed by atoms with E-state index in [0.29, 0.717) is 6.42 Å². The molecular weight excluding hydrogens is 166 g/mol. The number of carbonyl (C=O) groups is 1. The van der Waals surface area contributed by atoms with Crippen LogP contribution in [0.1, 0.15) is 20.3 Å². The van der Waals surface area contributed by atoms with Gasteiger partial charge >= 0.3 is 5.97 Å². The molecule has 0 rings (SSSR count). The van der Waals surface area contributed by atoms with Gasteiger partial charge in [-0.05, 0) is 25.1 Å². The average Bonchev–Trinajstić information content (AvgIpc) is 2.01. The number of likely N-dealkylation sites (N-methyl/N-ethyl adjacent to an activating group) is 1. The number of carbonyl (C=O) groups excluding carboxylic acids is 1. The van der Waals surface area contributed by atoms with Gasteiger partial charge < -0.3 is 4.74 Å². The summed E-state index contributed by atoms with van der Waals surface area (Å²) < 4.78 is 5.95. The predicted octanol–water partition coefficient (Wildman–Crippen LogP) is 1.41. The summed E-state index contributed by atoms with van der Waals surface area (Å²) in [5, 5.41) is 0. The van der Waals surface area contributed by atoms with Crippen LogP contribution in [-0.4, -0.2) is 30.1 Å². The molecule has 0 fully saturated rings. The van der Waals surface area contributed by atoms with Crippen molar-refractivity contribution < 1.29 is 9.53 Å². The summed E-state index contributed by atoms with van der Waals surface area (Å²) in [6.45, 7) is 3.63. The summed E-state index contributed by atoms with van der Waals surface area (Å²) in [4.78, 5) is 11.2. The molecule has 3 nitrogen and oxygen atoms in total. The first-order valence-corrected chi connectivity index (χ1v) is 3.81. The largest absolute Gasteiger partial charge is 0.468 e. The smallest absolute Gasteiger partial charge is 0.327 e. The lowest BCUT2D eigenvalue weighted by molar-refractivity contribution is -0.150. The van der Waals surface area contributed by atoms with Crippen LogP contribution in [0, 0.1) is 0 Å². The van der Waals surface area contributed by atoms with Gasteiger partial charge in [0.1, 0.15) is 5.54 Å². The molecular formula is C7H14ClNO2. The van der Waals surface area contributed by atoms with Crippen LogP contribution in [0.5, 0.6) is 0 Å². The lowest BCUT2D eigenvalue weighted by Crippen LogP contribution is -2.46. The third-order valence-corrected chi connectivity index (χ3v) is 2.37. The molecule has 0 amide bonds. The van der Waals surface area contributed by atoms with Crippen molar-refractivity contribution in [1.82, 2.24) is 4.42 Å². The number of hydrogen-bond donors (Lipinski definition) is 0. The molecule has 4 heteroatoms. The second-order valence-corrected chi connectivity index (χ2v) is 3.10. The van der Waals surface area contributed by atoms with E-state index in [1.165, 1.54) is 11.5 Å². The van der Waals surface area contributed by atoms with Crippen molar-refractivity contribution in [1.29, 1.82) is 0 Å². The third kappa shape index (κ3) is 2.07. The van der Waals surface area contributed by atoms with Crippen LogP contribution >= 0.6 is 11.8 Å². The van der Waals surface area contributed by atoms with E-state index >= 15 is 0 Å². The van der Waals surface area contributed by atoms with Crippen LogP contribution in [0.3, 0.4) is 0 Å². The van der Waals surface area contributed by atoms with E-state index in [4.69, 9.17) is 11.8 Å². The van der Waals surface area contributed by atoms with E-state index in [-0.39, 0.29) is 5.97 Å². The van der Waals surface area contributed by atoms with E-state index < -0.39 is 5.54 Å². The first kappa shape index (κ1) is 10.7. The van der Waals surface area contributed by atoms with Crippen molar-refractivity contribution >= 4 is 17.7 Å². The lowest BCUT2D eigenvalue weighted by atomic mass is 10.00. The molecule has 0 spiro atoms. The SMILES string of the molecule is CCC(C)(C(=O)OC)N(C)Cl. The van der Waals surface area contributed by atoms with Crippen LogP contribution in [0.15, 0.2) is 0 Å². The molecule has 11 heavy (non-hydrogen) atoms. The van der Waals surface area contributed by atoms with Crippen LogP contribution in [-0.2, 0) is 9.53 Å². The highest BCUT2D eigenvalue weighted by Gasteiger charge is 2.36. The molecule has 0 saturated heterocycles. The Hall–Kier alpha value is -0.280. The van der Waals surface area contributed by atoms with Crippen molar-refractivity contribution in [2.24, 2.45) is 0 Å². The second-order valence-electron chi connectivity index (χ2n) is 2.60. The summed E-state index contributed by atoms with van der Waals surface area (Å²) >= 11 is 5.69. The highest BCUT2D eigenvalue weighted by atomic mass is 35.5. The molecule has 0 N–H and O–H groups in total. The van der Waals surface area contributed by atoms with Gasteiger partial charge in [-0.2, -0.15) is 0 Å². The lowest BCUT2D eigenvalue weighted by Gasteiger charge is -2.29. The zero-order valence-corrected chi connectivity index (χ0v) is 8.10. The topological polar surface area (TPSA) is 29.5 Å². The summed E-state index contributed by atoms with van der Waals surface area (Å²) in [5.41, 5.74) is -0.712. The minimum absolute atomic E-state index is 0.308. The van der Waals surface area contributed by atoms with Crippen molar-refractivity contribution in [2.45, 2.75) is 25.8 Å². The highest BCUT2D eigenvalue weighted by Crippen LogP contribution is 2.20. The molecule has 0 aliphatic rings. The molecule has 0 saturated carbocycles. The summed E-state index contributed by atoms with van der Waals surface area (Å²) in [6, 6.07) is 0. The Bertz CT molecular complexity index is 149. The molecule has 0 aromatic carbocycles. The molecule has 1 unspecified atom stereocenters. The molecule has 0 aliphatic heterocycles. The van der Waals surface area contributed by atoms with Crippen molar-refractivity contribution in [3.05, 3.63) is 0 Å². The van der Waals surface area contributed by atoms with Gasteiger partial charge in [-0.15, -0.1) is 0 Å². The van der Waals surface area contributed by atoms with Crippen LogP contribution in [0.4, 0.5) is 0 Å². The number of hydrogen-bond acceptors (Lipinski definition) is 3. The van der Waals surface area contributed by atoms with Gasteiger partial charge in [0.15, 0.2) is 0 Å². The Labute approximate surface area is 72.4 Å². The summed E-state index contributed by atoms with van der Waals surface area (Å²) in [7, 11) is 3.00. The van der Waals surface area contributed by atoms with Gasteiger partial charge in [0.05, 0.1) is 7.11 Å². The van der Waals surface area contributed by atoms with Crippen LogP contribution < -0.4 is 0 Å². The zero-order chi connectivity index (χ0) is 9.07. The number of ether oxygens (including phenoxy) is 1. The number of nitrogens with zero attached hydrogens (tertiary/aromatic N) is 1. The third-order valence-electron chi connectivity index (χ3n) is 1.99. The fourth-order valence-electron chi connectivity index (χ4n) is 0.708. The van der Waals surface area contributed by atoms with E-state index in [2.05, 4.69) is 4.74 Å². The summed E-state index contributed by atoms with van der Waals surface area (Å²) in [5.74, 6) is -0.308. The first-order valence-electron chi connectivity index (χ1n) is 3.47. The van der Waals surface area contributed by atoms with Gasteiger partial charge in [0.25, 0.3) is 0 Å². The Morgan fingerprint density at radius 3 is 2.27 bits per heavy atom. The minimum Gasteiger partial charge on any atom is -0.468 e. The quantitative estimate of drug-likeness (QED) is 0.485. The molecule has 66 valence electrons. The maximum atomic E-state index is 11.2. The number of esters is 1. The average molecular weight is 180 g/mol. The predicted molar refractivity (Wildman–Crippen MR) is 44.3 cm³/mol. The standard InChI is InChI=1S/C7H14ClNO2/c1-5-7(2,9(3)8)6(10)11-4/h5H2,1-4H3. The Kier molecular flexibility index (Phi) is 3.83. The zero-order valence-electron chi connectivity index (χ0n) is 7.35. The minimum atomic E-state index is -0.712. The van der Waals surface area contributed by atoms with E-state index in [9.17, 15) is 4.79 Å². The fourth-order valence-corrected chi connectivity index (χ4v) is 0.896. The van der Waals surface area contributed by atoms with Crippen LogP contribution in [0.25, 0.3) is 0 Å². The number of halogens is 1. The van der Waals surface area contributed by atoms with Crippen LogP contribution in [0.2, 0.25) is 0 Å². The highest BCUT2D eigenvalue weighted by molar-refractivity contribution is 6.15. The molecule has 0 heterocycles. The first-order chi connectivity index (χ1) is 4.99.